The summed E-state index contributed by atoms with van der Waals surface area (Å²) in [5.74, 6) is -2.20. The zero-order valence-corrected chi connectivity index (χ0v) is 9.54. The fourth-order valence-corrected chi connectivity index (χ4v) is 1.26. The molecule has 0 spiro atoms. The molecule has 3 nitrogen and oxygen atoms in total. The Labute approximate surface area is 98.3 Å². The molecule has 5 heteroatoms. The lowest BCUT2D eigenvalue weighted by atomic mass is 10.2. The lowest BCUT2D eigenvalue weighted by molar-refractivity contribution is 0.112. The Morgan fingerprint density at radius 3 is 2.41 bits per heavy atom. The summed E-state index contributed by atoms with van der Waals surface area (Å²) in [4.78, 5) is 10.4. The standard InChI is InChI=1S/C12H14F2O3/c1-2-16-4-3-5-17-12-10(13)6-9(8-15)7-11(12)14/h6-8H,2-5H2,1H3. The van der Waals surface area contributed by atoms with Crippen molar-refractivity contribution in [2.45, 2.75) is 13.3 Å². The van der Waals surface area contributed by atoms with E-state index in [0.717, 1.165) is 12.1 Å². The summed E-state index contributed by atoms with van der Waals surface area (Å²) in [7, 11) is 0. The van der Waals surface area contributed by atoms with E-state index in [2.05, 4.69) is 0 Å². The monoisotopic (exact) mass is 244 g/mol. The first-order valence-electron chi connectivity index (χ1n) is 5.33. The van der Waals surface area contributed by atoms with Crippen LogP contribution < -0.4 is 4.74 Å². The molecule has 0 heterocycles. The molecule has 0 amide bonds. The molecular weight excluding hydrogens is 230 g/mol. The molecule has 0 N–H and O–H groups in total. The maximum Gasteiger partial charge on any atom is 0.190 e. The highest BCUT2D eigenvalue weighted by molar-refractivity contribution is 5.75. The molecule has 0 fully saturated rings. The highest BCUT2D eigenvalue weighted by Gasteiger charge is 2.12. The summed E-state index contributed by atoms with van der Waals surface area (Å²) in [5, 5.41) is 0. The van der Waals surface area contributed by atoms with Gasteiger partial charge < -0.3 is 9.47 Å². The van der Waals surface area contributed by atoms with Crippen LogP contribution in [0.1, 0.15) is 23.7 Å². The molecule has 0 aliphatic heterocycles. The lowest BCUT2D eigenvalue weighted by Gasteiger charge is -2.08. The largest absolute Gasteiger partial charge is 0.488 e. The van der Waals surface area contributed by atoms with Crippen LogP contribution in [0.3, 0.4) is 0 Å². The second kappa shape index (κ2) is 6.96. The molecule has 1 rings (SSSR count). The number of carbonyl (C=O) groups excluding carboxylic acids is 1. The maximum atomic E-state index is 13.3. The van der Waals surface area contributed by atoms with Crippen LogP contribution in [-0.4, -0.2) is 26.1 Å². The number of rotatable bonds is 7. The number of aldehydes is 1. The van der Waals surface area contributed by atoms with Crippen molar-refractivity contribution in [3.8, 4) is 5.75 Å². The second-order valence-corrected chi connectivity index (χ2v) is 3.33. The number of halogens is 2. The van der Waals surface area contributed by atoms with Crippen LogP contribution in [0.25, 0.3) is 0 Å². The second-order valence-electron chi connectivity index (χ2n) is 3.33. The van der Waals surface area contributed by atoms with Gasteiger partial charge in [0.1, 0.15) is 6.29 Å². The van der Waals surface area contributed by atoms with Crippen molar-refractivity contribution in [2.24, 2.45) is 0 Å². The highest BCUT2D eigenvalue weighted by Crippen LogP contribution is 2.22. The first-order chi connectivity index (χ1) is 8.19. The minimum atomic E-state index is -0.872. The van der Waals surface area contributed by atoms with Crippen molar-refractivity contribution >= 4 is 6.29 Å². The Morgan fingerprint density at radius 2 is 1.88 bits per heavy atom. The van der Waals surface area contributed by atoms with Gasteiger partial charge >= 0.3 is 0 Å². The Balaban J connectivity index is 2.56. The summed E-state index contributed by atoms with van der Waals surface area (Å²) >= 11 is 0. The Hall–Kier alpha value is -1.49. The molecule has 0 aliphatic carbocycles. The normalized spacial score (nSPS) is 10.3. The van der Waals surface area contributed by atoms with Gasteiger partial charge in [0, 0.05) is 25.2 Å². The van der Waals surface area contributed by atoms with Crippen molar-refractivity contribution in [3.05, 3.63) is 29.3 Å². The van der Waals surface area contributed by atoms with Gasteiger partial charge in [-0.25, -0.2) is 8.78 Å². The van der Waals surface area contributed by atoms with Crippen LogP contribution in [-0.2, 0) is 4.74 Å². The van der Waals surface area contributed by atoms with E-state index < -0.39 is 17.4 Å². The first kappa shape index (κ1) is 13.6. The Morgan fingerprint density at radius 1 is 1.24 bits per heavy atom. The molecule has 0 bridgehead atoms. The van der Waals surface area contributed by atoms with Gasteiger partial charge in [-0.15, -0.1) is 0 Å². The fourth-order valence-electron chi connectivity index (χ4n) is 1.26. The summed E-state index contributed by atoms with van der Waals surface area (Å²) in [6, 6.07) is 1.88. The van der Waals surface area contributed by atoms with Gasteiger partial charge in [-0.2, -0.15) is 0 Å². The zero-order valence-electron chi connectivity index (χ0n) is 9.54. The molecule has 0 atom stereocenters. The van der Waals surface area contributed by atoms with Crippen LogP contribution in [0.5, 0.6) is 5.75 Å². The van der Waals surface area contributed by atoms with E-state index in [1.54, 1.807) is 0 Å². The average molecular weight is 244 g/mol. The quantitative estimate of drug-likeness (QED) is 0.546. The summed E-state index contributed by atoms with van der Waals surface area (Å²) in [6.07, 6.45) is 0.924. The molecule has 0 aromatic heterocycles. The molecular formula is C12H14F2O3. The summed E-state index contributed by atoms with van der Waals surface area (Å²) in [5.41, 5.74) is -0.0540. The molecule has 94 valence electrons. The maximum absolute atomic E-state index is 13.3. The van der Waals surface area contributed by atoms with E-state index in [1.165, 1.54) is 0 Å². The minimum absolute atomic E-state index is 0.0540. The molecule has 1 aromatic rings. The van der Waals surface area contributed by atoms with E-state index in [1.807, 2.05) is 6.92 Å². The van der Waals surface area contributed by atoms with Crippen LogP contribution in [0.4, 0.5) is 8.78 Å². The number of ether oxygens (including phenoxy) is 2. The van der Waals surface area contributed by atoms with E-state index in [9.17, 15) is 13.6 Å². The molecule has 17 heavy (non-hydrogen) atoms. The highest BCUT2D eigenvalue weighted by atomic mass is 19.1. The molecule has 0 unspecified atom stereocenters. The summed E-state index contributed by atoms with van der Waals surface area (Å²) in [6.45, 7) is 3.09. The van der Waals surface area contributed by atoms with Crippen LogP contribution >= 0.6 is 0 Å². The number of benzene rings is 1. The van der Waals surface area contributed by atoms with Crippen LogP contribution in [0.2, 0.25) is 0 Å². The predicted molar refractivity (Wildman–Crippen MR) is 58.4 cm³/mol. The third-order valence-corrected chi connectivity index (χ3v) is 2.04. The Bertz CT molecular complexity index is 357. The first-order valence-corrected chi connectivity index (χ1v) is 5.33. The van der Waals surface area contributed by atoms with Crippen molar-refractivity contribution in [1.82, 2.24) is 0 Å². The van der Waals surface area contributed by atoms with Crippen molar-refractivity contribution < 1.29 is 23.0 Å². The van der Waals surface area contributed by atoms with Gasteiger partial charge in [0.05, 0.1) is 6.61 Å². The SMILES string of the molecule is CCOCCCOc1c(F)cc(C=O)cc1F. The molecule has 0 saturated carbocycles. The van der Waals surface area contributed by atoms with Gasteiger partial charge in [-0.3, -0.25) is 4.79 Å². The van der Waals surface area contributed by atoms with Crippen LogP contribution in [0, 0.1) is 11.6 Å². The topological polar surface area (TPSA) is 35.5 Å². The van der Waals surface area contributed by atoms with Gasteiger partial charge in [0.25, 0.3) is 0 Å². The molecule has 0 aliphatic rings. The smallest absolute Gasteiger partial charge is 0.190 e. The number of hydrogen-bond acceptors (Lipinski definition) is 3. The van der Waals surface area contributed by atoms with E-state index in [-0.39, 0.29) is 12.2 Å². The number of carbonyl (C=O) groups is 1. The molecule has 0 saturated heterocycles. The zero-order chi connectivity index (χ0) is 12.7. The van der Waals surface area contributed by atoms with Crippen molar-refractivity contribution in [3.63, 3.8) is 0 Å². The van der Waals surface area contributed by atoms with Crippen LogP contribution in [0.15, 0.2) is 12.1 Å². The van der Waals surface area contributed by atoms with Crippen molar-refractivity contribution in [1.29, 1.82) is 0 Å². The predicted octanol–water partition coefficient (Wildman–Crippen LogP) is 2.58. The lowest BCUT2D eigenvalue weighted by Crippen LogP contribution is -2.05. The van der Waals surface area contributed by atoms with E-state index in [0.29, 0.717) is 25.9 Å². The summed E-state index contributed by atoms with van der Waals surface area (Å²) < 4.78 is 36.7. The van der Waals surface area contributed by atoms with Gasteiger partial charge in [-0.1, -0.05) is 0 Å². The fraction of sp³-hybridized carbons (Fsp3) is 0.417. The van der Waals surface area contributed by atoms with Gasteiger partial charge in [0.15, 0.2) is 17.4 Å². The third kappa shape index (κ3) is 4.11. The average Bonchev–Trinajstić information content (AvgIpc) is 2.31. The molecule has 1 aromatic carbocycles. The van der Waals surface area contributed by atoms with Crippen molar-refractivity contribution in [2.75, 3.05) is 19.8 Å². The Kier molecular flexibility index (Phi) is 5.56. The number of hydrogen-bond donors (Lipinski definition) is 0. The third-order valence-electron chi connectivity index (χ3n) is 2.04. The van der Waals surface area contributed by atoms with E-state index >= 15 is 0 Å². The van der Waals surface area contributed by atoms with Gasteiger partial charge in [0.2, 0.25) is 0 Å². The van der Waals surface area contributed by atoms with Gasteiger partial charge in [-0.05, 0) is 19.1 Å². The minimum Gasteiger partial charge on any atom is -0.488 e. The molecule has 0 radical (unpaired) electrons. The van der Waals surface area contributed by atoms with E-state index in [4.69, 9.17) is 9.47 Å².